The first-order chi connectivity index (χ1) is 7.22. The van der Waals surface area contributed by atoms with Gasteiger partial charge in [0.1, 0.15) is 0 Å². The largest absolute Gasteiger partial charge is 0.374 e. The highest BCUT2D eigenvalue weighted by Crippen LogP contribution is 2.39. The standard InChI is InChI=1S/C11H20N2O2/c1-12-5-6-13(2)11(14)9-7-8-3-4-10(9)15-8/h8-10,12H,3-7H2,1-2H3. The van der Waals surface area contributed by atoms with Crippen molar-refractivity contribution in [2.75, 3.05) is 27.2 Å². The average molecular weight is 212 g/mol. The summed E-state index contributed by atoms with van der Waals surface area (Å²) in [7, 11) is 3.78. The van der Waals surface area contributed by atoms with Gasteiger partial charge < -0.3 is 15.0 Å². The maximum absolute atomic E-state index is 12.1. The molecule has 86 valence electrons. The molecule has 0 saturated carbocycles. The van der Waals surface area contributed by atoms with Gasteiger partial charge in [0.2, 0.25) is 5.91 Å². The molecule has 2 aliphatic rings. The molecule has 2 fully saturated rings. The van der Waals surface area contributed by atoms with Crippen molar-refractivity contribution in [1.29, 1.82) is 0 Å². The second-order valence-electron chi connectivity index (χ2n) is 4.58. The molecule has 15 heavy (non-hydrogen) atoms. The third-order valence-electron chi connectivity index (χ3n) is 3.50. The number of rotatable bonds is 4. The molecule has 2 heterocycles. The number of fused-ring (bicyclic) bond motifs is 2. The minimum absolute atomic E-state index is 0.130. The molecule has 2 saturated heterocycles. The van der Waals surface area contributed by atoms with E-state index in [1.54, 1.807) is 0 Å². The molecule has 2 bridgehead atoms. The van der Waals surface area contributed by atoms with Crippen molar-refractivity contribution < 1.29 is 9.53 Å². The molecule has 3 unspecified atom stereocenters. The SMILES string of the molecule is CNCCN(C)C(=O)C1CC2CCC1O2. The van der Waals surface area contributed by atoms with E-state index in [0.717, 1.165) is 32.4 Å². The molecule has 0 aromatic rings. The Morgan fingerprint density at radius 2 is 2.33 bits per heavy atom. The summed E-state index contributed by atoms with van der Waals surface area (Å²) in [4.78, 5) is 13.9. The molecule has 1 N–H and O–H groups in total. The maximum Gasteiger partial charge on any atom is 0.228 e. The molecule has 3 atom stereocenters. The van der Waals surface area contributed by atoms with E-state index in [2.05, 4.69) is 5.32 Å². The van der Waals surface area contributed by atoms with Crippen LogP contribution >= 0.6 is 0 Å². The van der Waals surface area contributed by atoms with Crippen molar-refractivity contribution in [3.8, 4) is 0 Å². The van der Waals surface area contributed by atoms with E-state index < -0.39 is 0 Å². The Morgan fingerprint density at radius 1 is 1.53 bits per heavy atom. The molecule has 0 radical (unpaired) electrons. The fourth-order valence-electron chi connectivity index (χ4n) is 2.57. The number of hydrogen-bond acceptors (Lipinski definition) is 3. The van der Waals surface area contributed by atoms with E-state index in [1.807, 2.05) is 19.0 Å². The lowest BCUT2D eigenvalue weighted by Crippen LogP contribution is -2.40. The van der Waals surface area contributed by atoms with Crippen molar-refractivity contribution in [2.45, 2.75) is 31.5 Å². The van der Waals surface area contributed by atoms with Crippen LogP contribution in [0.25, 0.3) is 0 Å². The van der Waals surface area contributed by atoms with Crippen molar-refractivity contribution in [3.63, 3.8) is 0 Å². The lowest BCUT2D eigenvalue weighted by atomic mass is 9.88. The van der Waals surface area contributed by atoms with Gasteiger partial charge in [0.25, 0.3) is 0 Å². The van der Waals surface area contributed by atoms with Crippen LogP contribution in [0.5, 0.6) is 0 Å². The third-order valence-corrected chi connectivity index (χ3v) is 3.50. The highest BCUT2D eigenvalue weighted by molar-refractivity contribution is 5.79. The zero-order valence-corrected chi connectivity index (χ0v) is 9.53. The Hall–Kier alpha value is -0.610. The number of nitrogens with one attached hydrogen (secondary N) is 1. The van der Waals surface area contributed by atoms with Gasteiger partial charge in [0, 0.05) is 20.1 Å². The molecule has 2 rings (SSSR count). The Labute approximate surface area is 91.0 Å². The Balaban J connectivity index is 1.85. The van der Waals surface area contributed by atoms with Crippen molar-refractivity contribution >= 4 is 5.91 Å². The molecule has 4 heteroatoms. The first-order valence-electron chi connectivity index (χ1n) is 5.77. The number of ether oxygens (including phenoxy) is 1. The van der Waals surface area contributed by atoms with Gasteiger partial charge in [-0.15, -0.1) is 0 Å². The van der Waals surface area contributed by atoms with Gasteiger partial charge in [0.05, 0.1) is 18.1 Å². The van der Waals surface area contributed by atoms with E-state index >= 15 is 0 Å². The molecule has 1 amide bonds. The monoisotopic (exact) mass is 212 g/mol. The van der Waals surface area contributed by atoms with Crippen molar-refractivity contribution in [1.82, 2.24) is 10.2 Å². The predicted molar refractivity (Wildman–Crippen MR) is 57.6 cm³/mol. The molecule has 2 aliphatic heterocycles. The Bertz CT molecular complexity index is 245. The second kappa shape index (κ2) is 4.49. The van der Waals surface area contributed by atoms with Crippen LogP contribution in [0, 0.1) is 5.92 Å². The normalized spacial score (nSPS) is 33.3. The summed E-state index contributed by atoms with van der Waals surface area (Å²) in [5.41, 5.74) is 0. The fraction of sp³-hybridized carbons (Fsp3) is 0.909. The summed E-state index contributed by atoms with van der Waals surface area (Å²) in [6.45, 7) is 1.63. The van der Waals surface area contributed by atoms with Gasteiger partial charge in [-0.1, -0.05) is 0 Å². The second-order valence-corrected chi connectivity index (χ2v) is 4.58. The number of hydrogen-bond donors (Lipinski definition) is 1. The molecule has 0 aliphatic carbocycles. The van der Waals surface area contributed by atoms with Crippen LogP contribution in [-0.4, -0.2) is 50.2 Å². The van der Waals surface area contributed by atoms with Crippen LogP contribution in [0.4, 0.5) is 0 Å². The lowest BCUT2D eigenvalue weighted by molar-refractivity contribution is -0.135. The number of amides is 1. The van der Waals surface area contributed by atoms with Gasteiger partial charge in [-0.2, -0.15) is 0 Å². The zero-order valence-electron chi connectivity index (χ0n) is 9.53. The first-order valence-corrected chi connectivity index (χ1v) is 5.77. The van der Waals surface area contributed by atoms with E-state index in [1.165, 1.54) is 0 Å². The summed E-state index contributed by atoms with van der Waals surface area (Å²) < 4.78 is 5.70. The van der Waals surface area contributed by atoms with E-state index in [4.69, 9.17) is 4.74 Å². The highest BCUT2D eigenvalue weighted by Gasteiger charge is 2.45. The topological polar surface area (TPSA) is 41.6 Å². The van der Waals surface area contributed by atoms with Crippen LogP contribution in [0.1, 0.15) is 19.3 Å². The van der Waals surface area contributed by atoms with E-state index in [9.17, 15) is 4.79 Å². The minimum atomic E-state index is 0.130. The van der Waals surface area contributed by atoms with Crippen LogP contribution < -0.4 is 5.32 Å². The van der Waals surface area contributed by atoms with Crippen molar-refractivity contribution in [3.05, 3.63) is 0 Å². The van der Waals surface area contributed by atoms with Gasteiger partial charge in [-0.25, -0.2) is 0 Å². The molecule has 0 aromatic carbocycles. The average Bonchev–Trinajstić information content (AvgIpc) is 2.86. The van der Waals surface area contributed by atoms with Crippen molar-refractivity contribution in [2.24, 2.45) is 5.92 Å². The summed E-state index contributed by atoms with van der Waals surface area (Å²) in [5.74, 6) is 0.392. The van der Waals surface area contributed by atoms with Crippen LogP contribution in [0.15, 0.2) is 0 Å². The number of carbonyl (C=O) groups is 1. The molecule has 0 aromatic heterocycles. The van der Waals surface area contributed by atoms with Crippen LogP contribution in [0.2, 0.25) is 0 Å². The van der Waals surface area contributed by atoms with Gasteiger partial charge >= 0.3 is 0 Å². The quantitative estimate of drug-likeness (QED) is 0.725. The molecular formula is C11H20N2O2. The number of likely N-dealkylation sites (N-methyl/N-ethyl adjacent to an activating group) is 2. The van der Waals surface area contributed by atoms with Gasteiger partial charge in [-0.05, 0) is 26.3 Å². The Kier molecular flexibility index (Phi) is 3.26. The first kappa shape index (κ1) is 10.9. The predicted octanol–water partition coefficient (Wildman–Crippen LogP) is 0.232. The maximum atomic E-state index is 12.1. The molecular weight excluding hydrogens is 192 g/mol. The summed E-state index contributed by atoms with van der Waals surface area (Å²) in [6.07, 6.45) is 3.73. The van der Waals surface area contributed by atoms with Gasteiger partial charge in [-0.3, -0.25) is 4.79 Å². The minimum Gasteiger partial charge on any atom is -0.374 e. The van der Waals surface area contributed by atoms with Crippen LogP contribution in [-0.2, 0) is 9.53 Å². The summed E-state index contributed by atoms with van der Waals surface area (Å²) in [5, 5.41) is 3.05. The van der Waals surface area contributed by atoms with Gasteiger partial charge in [0.15, 0.2) is 0 Å². The summed E-state index contributed by atoms with van der Waals surface area (Å²) in [6, 6.07) is 0. The van der Waals surface area contributed by atoms with E-state index in [0.29, 0.717) is 6.10 Å². The smallest absolute Gasteiger partial charge is 0.228 e. The highest BCUT2D eigenvalue weighted by atomic mass is 16.5. The lowest BCUT2D eigenvalue weighted by Gasteiger charge is -2.24. The summed E-state index contributed by atoms with van der Waals surface area (Å²) >= 11 is 0. The van der Waals surface area contributed by atoms with Crippen LogP contribution in [0.3, 0.4) is 0 Å². The molecule has 0 spiro atoms. The Morgan fingerprint density at radius 3 is 2.87 bits per heavy atom. The molecule has 4 nitrogen and oxygen atoms in total. The number of nitrogens with zero attached hydrogens (tertiary/aromatic N) is 1. The zero-order chi connectivity index (χ0) is 10.8. The van der Waals surface area contributed by atoms with E-state index in [-0.39, 0.29) is 17.9 Å². The third kappa shape index (κ3) is 2.16. The fourth-order valence-corrected chi connectivity index (χ4v) is 2.57. The number of carbonyl (C=O) groups excluding carboxylic acids is 1.